The average molecular weight is 377 g/mol. The van der Waals surface area contributed by atoms with Crippen LogP contribution in [0.2, 0.25) is 5.02 Å². The Morgan fingerprint density at radius 2 is 1.59 bits per heavy atom. The standard InChI is InChI=1S/C21H13ClN2O3/c22-16-11-12-17-23-18(14-7-3-1-4-8-14)19(20(25)24(17)13-16)27-21(26)15-9-5-2-6-10-15/h1-13H. The zero-order valence-corrected chi connectivity index (χ0v) is 14.8. The third-order valence-corrected chi connectivity index (χ3v) is 4.22. The Morgan fingerprint density at radius 3 is 2.30 bits per heavy atom. The van der Waals surface area contributed by atoms with Crippen molar-refractivity contribution < 1.29 is 9.53 Å². The number of benzene rings is 2. The van der Waals surface area contributed by atoms with Crippen molar-refractivity contribution >= 4 is 23.2 Å². The maximum atomic E-state index is 13.0. The van der Waals surface area contributed by atoms with Gasteiger partial charge in [0.1, 0.15) is 11.3 Å². The van der Waals surface area contributed by atoms with Gasteiger partial charge in [-0.2, -0.15) is 0 Å². The number of ether oxygens (including phenoxy) is 1. The maximum absolute atomic E-state index is 13.0. The van der Waals surface area contributed by atoms with Gasteiger partial charge >= 0.3 is 11.5 Å². The van der Waals surface area contributed by atoms with Crippen molar-refractivity contribution in [2.24, 2.45) is 0 Å². The molecule has 4 aromatic rings. The number of hydrogen-bond acceptors (Lipinski definition) is 4. The Kier molecular flexibility index (Phi) is 4.44. The fraction of sp³-hybridized carbons (Fsp3) is 0. The highest BCUT2D eigenvalue weighted by atomic mass is 35.5. The number of carbonyl (C=O) groups is 1. The molecule has 4 rings (SSSR count). The van der Waals surface area contributed by atoms with Gasteiger partial charge in [0.2, 0.25) is 5.75 Å². The third kappa shape index (κ3) is 3.32. The fourth-order valence-electron chi connectivity index (χ4n) is 2.71. The van der Waals surface area contributed by atoms with E-state index in [1.54, 1.807) is 54.6 Å². The summed E-state index contributed by atoms with van der Waals surface area (Å²) in [5, 5.41) is 0.374. The Morgan fingerprint density at radius 1 is 0.926 bits per heavy atom. The lowest BCUT2D eigenvalue weighted by Crippen LogP contribution is -2.22. The van der Waals surface area contributed by atoms with Crippen LogP contribution in [0.15, 0.2) is 83.8 Å². The van der Waals surface area contributed by atoms with Crippen molar-refractivity contribution in [1.82, 2.24) is 9.38 Å². The minimum absolute atomic E-state index is 0.144. The second-order valence-electron chi connectivity index (χ2n) is 5.79. The number of esters is 1. The molecule has 2 heterocycles. The highest BCUT2D eigenvalue weighted by molar-refractivity contribution is 6.30. The van der Waals surface area contributed by atoms with E-state index in [9.17, 15) is 9.59 Å². The molecule has 0 amide bonds. The molecule has 0 bridgehead atoms. The Hall–Kier alpha value is -3.44. The number of nitrogens with zero attached hydrogens (tertiary/aromatic N) is 2. The molecule has 132 valence electrons. The molecule has 5 nitrogen and oxygen atoms in total. The molecule has 0 aliphatic rings. The van der Waals surface area contributed by atoms with Crippen LogP contribution in [-0.2, 0) is 0 Å². The second-order valence-corrected chi connectivity index (χ2v) is 6.23. The zero-order valence-electron chi connectivity index (χ0n) is 14.0. The summed E-state index contributed by atoms with van der Waals surface area (Å²) in [7, 11) is 0. The van der Waals surface area contributed by atoms with Crippen LogP contribution in [0.4, 0.5) is 0 Å². The van der Waals surface area contributed by atoms with Gasteiger partial charge in [0.05, 0.1) is 10.6 Å². The highest BCUT2D eigenvalue weighted by Gasteiger charge is 2.20. The Labute approximate surface area is 159 Å². The van der Waals surface area contributed by atoms with Crippen LogP contribution in [-0.4, -0.2) is 15.4 Å². The lowest BCUT2D eigenvalue weighted by molar-refractivity contribution is 0.0732. The zero-order chi connectivity index (χ0) is 18.8. The molecule has 0 unspecified atom stereocenters. The highest BCUT2D eigenvalue weighted by Crippen LogP contribution is 2.26. The number of halogens is 1. The molecule has 2 aromatic carbocycles. The van der Waals surface area contributed by atoms with Gasteiger partial charge in [-0.05, 0) is 24.3 Å². The van der Waals surface area contributed by atoms with Crippen LogP contribution in [0.25, 0.3) is 16.9 Å². The van der Waals surface area contributed by atoms with E-state index in [0.29, 0.717) is 27.5 Å². The summed E-state index contributed by atoms with van der Waals surface area (Å²) in [4.78, 5) is 30.1. The molecule has 2 aromatic heterocycles. The van der Waals surface area contributed by atoms with Crippen LogP contribution in [0.1, 0.15) is 10.4 Å². The molecule has 0 saturated carbocycles. The van der Waals surface area contributed by atoms with Crippen molar-refractivity contribution in [3.05, 3.63) is 99.9 Å². The number of carbonyl (C=O) groups excluding carboxylic acids is 1. The average Bonchev–Trinajstić information content (AvgIpc) is 2.71. The van der Waals surface area contributed by atoms with Crippen LogP contribution in [0.5, 0.6) is 5.75 Å². The molecule has 0 aliphatic heterocycles. The number of rotatable bonds is 3. The van der Waals surface area contributed by atoms with E-state index in [2.05, 4.69) is 4.98 Å². The van der Waals surface area contributed by atoms with Crippen molar-refractivity contribution in [1.29, 1.82) is 0 Å². The molecule has 0 atom stereocenters. The molecule has 6 heteroatoms. The van der Waals surface area contributed by atoms with E-state index in [4.69, 9.17) is 16.3 Å². The van der Waals surface area contributed by atoms with Gasteiger partial charge in [0, 0.05) is 11.8 Å². The first-order valence-electron chi connectivity index (χ1n) is 8.18. The first-order chi connectivity index (χ1) is 13.1. The monoisotopic (exact) mass is 376 g/mol. The van der Waals surface area contributed by atoms with E-state index in [-0.39, 0.29) is 5.75 Å². The van der Waals surface area contributed by atoms with Crippen LogP contribution in [0, 0.1) is 0 Å². The molecule has 0 aliphatic carbocycles. The number of hydrogen-bond donors (Lipinski definition) is 0. The molecule has 0 radical (unpaired) electrons. The molecule has 0 spiro atoms. The topological polar surface area (TPSA) is 60.7 Å². The quantitative estimate of drug-likeness (QED) is 0.502. The van der Waals surface area contributed by atoms with Crippen molar-refractivity contribution in [3.63, 3.8) is 0 Å². The summed E-state index contributed by atoms with van der Waals surface area (Å²) in [6.45, 7) is 0. The number of aromatic nitrogens is 2. The molecular weight excluding hydrogens is 364 g/mol. The van der Waals surface area contributed by atoms with Crippen LogP contribution < -0.4 is 10.3 Å². The summed E-state index contributed by atoms with van der Waals surface area (Å²) in [6.07, 6.45) is 1.45. The van der Waals surface area contributed by atoms with Gasteiger partial charge in [-0.3, -0.25) is 9.20 Å². The van der Waals surface area contributed by atoms with Gasteiger partial charge in [-0.15, -0.1) is 0 Å². The molecule has 27 heavy (non-hydrogen) atoms. The van der Waals surface area contributed by atoms with E-state index < -0.39 is 11.5 Å². The first kappa shape index (κ1) is 17.0. The first-order valence-corrected chi connectivity index (χ1v) is 8.56. The maximum Gasteiger partial charge on any atom is 0.343 e. The van der Waals surface area contributed by atoms with Gasteiger partial charge < -0.3 is 4.74 Å². The number of pyridine rings is 1. The predicted octanol–water partition coefficient (Wildman–Crippen LogP) is 4.23. The van der Waals surface area contributed by atoms with Gasteiger partial charge in [-0.1, -0.05) is 60.1 Å². The summed E-state index contributed by atoms with van der Waals surface area (Å²) in [5.74, 6) is -0.775. The van der Waals surface area contributed by atoms with Crippen LogP contribution >= 0.6 is 11.6 Å². The summed E-state index contributed by atoms with van der Waals surface area (Å²) < 4.78 is 6.75. The lowest BCUT2D eigenvalue weighted by Gasteiger charge is -2.11. The SMILES string of the molecule is O=C(Oc1c(-c2ccccc2)nc2ccc(Cl)cn2c1=O)c1ccccc1. The summed E-state index contributed by atoms with van der Waals surface area (Å²) >= 11 is 6.01. The van der Waals surface area contributed by atoms with E-state index in [1.165, 1.54) is 10.6 Å². The minimum Gasteiger partial charge on any atom is -0.415 e. The third-order valence-electron chi connectivity index (χ3n) is 4.00. The largest absolute Gasteiger partial charge is 0.415 e. The summed E-state index contributed by atoms with van der Waals surface area (Å²) in [6, 6.07) is 20.9. The second kappa shape index (κ2) is 7.05. The van der Waals surface area contributed by atoms with Gasteiger partial charge in [0.15, 0.2) is 0 Å². The minimum atomic E-state index is -0.631. The molecular formula is C21H13ClN2O3. The fourth-order valence-corrected chi connectivity index (χ4v) is 2.87. The van der Waals surface area contributed by atoms with Crippen LogP contribution in [0.3, 0.4) is 0 Å². The summed E-state index contributed by atoms with van der Waals surface area (Å²) in [5.41, 5.74) is 1.20. The molecule has 0 saturated heterocycles. The molecule has 0 N–H and O–H groups in total. The van der Waals surface area contributed by atoms with E-state index >= 15 is 0 Å². The van der Waals surface area contributed by atoms with E-state index in [1.807, 2.05) is 18.2 Å². The smallest absolute Gasteiger partial charge is 0.343 e. The normalized spacial score (nSPS) is 10.7. The molecule has 0 fully saturated rings. The predicted molar refractivity (Wildman–Crippen MR) is 103 cm³/mol. The van der Waals surface area contributed by atoms with Crippen molar-refractivity contribution in [2.75, 3.05) is 0 Å². The lowest BCUT2D eigenvalue weighted by atomic mass is 10.1. The Balaban J connectivity index is 1.92. The van der Waals surface area contributed by atoms with Crippen molar-refractivity contribution in [3.8, 4) is 17.0 Å². The Bertz CT molecular complexity index is 1190. The number of fused-ring (bicyclic) bond motifs is 1. The van der Waals surface area contributed by atoms with Gasteiger partial charge in [-0.25, -0.2) is 9.78 Å². The van der Waals surface area contributed by atoms with Gasteiger partial charge in [0.25, 0.3) is 0 Å². The van der Waals surface area contributed by atoms with E-state index in [0.717, 1.165) is 0 Å². The van der Waals surface area contributed by atoms with Crippen molar-refractivity contribution in [2.45, 2.75) is 0 Å².